The number of hydrogen-bond acceptors (Lipinski definition) is 4. The van der Waals surface area contributed by atoms with Gasteiger partial charge in [0.2, 0.25) is 5.91 Å². The smallest absolute Gasteiger partial charge is 0.258 e. The van der Waals surface area contributed by atoms with Gasteiger partial charge in [-0.15, -0.1) is 12.4 Å². The summed E-state index contributed by atoms with van der Waals surface area (Å²) in [6, 6.07) is 6.56. The van der Waals surface area contributed by atoms with E-state index in [4.69, 9.17) is 10.5 Å². The number of nitrogens with one attached hydrogen (secondary N) is 2. The lowest BCUT2D eigenvalue weighted by Gasteiger charge is -2.23. The van der Waals surface area contributed by atoms with Crippen LogP contribution in [0.1, 0.15) is 23.2 Å². The second-order valence-electron chi connectivity index (χ2n) is 4.79. The fourth-order valence-corrected chi connectivity index (χ4v) is 2.11. The van der Waals surface area contributed by atoms with Gasteiger partial charge in [0, 0.05) is 18.2 Å². The molecule has 21 heavy (non-hydrogen) atoms. The van der Waals surface area contributed by atoms with Crippen molar-refractivity contribution >= 4 is 24.2 Å². The molecule has 1 fully saturated rings. The maximum atomic E-state index is 11.7. The summed E-state index contributed by atoms with van der Waals surface area (Å²) in [6.07, 6.45) is 2.06. The van der Waals surface area contributed by atoms with Crippen LogP contribution < -0.4 is 21.1 Å². The molecule has 0 saturated carbocycles. The molecule has 1 aliphatic heterocycles. The molecular formula is C14H20ClN3O3. The van der Waals surface area contributed by atoms with Crippen molar-refractivity contribution in [3.63, 3.8) is 0 Å². The zero-order chi connectivity index (χ0) is 14.4. The Balaban J connectivity index is 0.00000220. The summed E-state index contributed by atoms with van der Waals surface area (Å²) < 4.78 is 5.36. The summed E-state index contributed by atoms with van der Waals surface area (Å²) in [5, 5.41) is 6.15. The topological polar surface area (TPSA) is 93.5 Å². The number of halogens is 1. The lowest BCUT2D eigenvalue weighted by atomic mass is 10.1. The van der Waals surface area contributed by atoms with Gasteiger partial charge in [-0.1, -0.05) is 0 Å². The summed E-state index contributed by atoms with van der Waals surface area (Å²) in [7, 11) is 0. The predicted molar refractivity (Wildman–Crippen MR) is 81.7 cm³/mol. The van der Waals surface area contributed by atoms with Crippen LogP contribution in [-0.4, -0.2) is 37.6 Å². The van der Waals surface area contributed by atoms with Crippen LogP contribution in [0.2, 0.25) is 0 Å². The van der Waals surface area contributed by atoms with Crippen LogP contribution >= 0.6 is 12.4 Å². The van der Waals surface area contributed by atoms with Gasteiger partial charge in [-0.05, 0) is 43.7 Å². The third-order valence-corrected chi connectivity index (χ3v) is 3.17. The quantitative estimate of drug-likeness (QED) is 0.736. The third-order valence-electron chi connectivity index (χ3n) is 3.17. The molecule has 6 nitrogen and oxygen atoms in total. The highest BCUT2D eigenvalue weighted by molar-refractivity contribution is 5.92. The van der Waals surface area contributed by atoms with Gasteiger partial charge in [0.25, 0.3) is 5.91 Å². The van der Waals surface area contributed by atoms with Crippen LogP contribution in [0.3, 0.4) is 0 Å². The number of nitrogens with two attached hydrogens (primary N) is 1. The van der Waals surface area contributed by atoms with Gasteiger partial charge in [0.05, 0.1) is 0 Å². The number of rotatable bonds is 5. The molecule has 1 heterocycles. The van der Waals surface area contributed by atoms with E-state index in [0.29, 0.717) is 11.3 Å². The molecule has 1 aliphatic rings. The van der Waals surface area contributed by atoms with E-state index in [1.807, 2.05) is 0 Å². The molecule has 0 radical (unpaired) electrons. The summed E-state index contributed by atoms with van der Waals surface area (Å²) in [4.78, 5) is 22.6. The molecule has 0 bridgehead atoms. The van der Waals surface area contributed by atoms with Crippen molar-refractivity contribution in [2.24, 2.45) is 5.73 Å². The van der Waals surface area contributed by atoms with E-state index in [0.717, 1.165) is 25.9 Å². The largest absolute Gasteiger partial charge is 0.484 e. The number of amides is 2. The number of carbonyl (C=O) groups is 2. The molecule has 1 atom stereocenters. The zero-order valence-corrected chi connectivity index (χ0v) is 12.4. The van der Waals surface area contributed by atoms with E-state index in [1.54, 1.807) is 24.3 Å². The van der Waals surface area contributed by atoms with Crippen LogP contribution in [0.4, 0.5) is 0 Å². The minimum Gasteiger partial charge on any atom is -0.484 e. The second-order valence-corrected chi connectivity index (χ2v) is 4.79. The number of primary amides is 1. The van der Waals surface area contributed by atoms with Crippen LogP contribution in [-0.2, 0) is 4.79 Å². The minimum absolute atomic E-state index is 0. The summed E-state index contributed by atoms with van der Waals surface area (Å²) >= 11 is 0. The maximum Gasteiger partial charge on any atom is 0.258 e. The summed E-state index contributed by atoms with van der Waals surface area (Å²) in [6.45, 7) is 1.78. The first-order valence-electron chi connectivity index (χ1n) is 6.68. The Morgan fingerprint density at radius 3 is 2.62 bits per heavy atom. The Kier molecular flexibility index (Phi) is 6.98. The van der Waals surface area contributed by atoms with Gasteiger partial charge in [0.15, 0.2) is 6.61 Å². The number of ether oxygens (including phenoxy) is 1. The van der Waals surface area contributed by atoms with Crippen molar-refractivity contribution in [1.29, 1.82) is 0 Å². The van der Waals surface area contributed by atoms with E-state index in [2.05, 4.69) is 10.6 Å². The Morgan fingerprint density at radius 2 is 2.05 bits per heavy atom. The normalized spacial score (nSPS) is 17.4. The first kappa shape index (κ1) is 17.3. The van der Waals surface area contributed by atoms with Gasteiger partial charge >= 0.3 is 0 Å². The minimum atomic E-state index is -0.487. The Hall–Kier alpha value is -1.79. The Morgan fingerprint density at radius 1 is 1.33 bits per heavy atom. The van der Waals surface area contributed by atoms with Crippen molar-refractivity contribution in [1.82, 2.24) is 10.6 Å². The van der Waals surface area contributed by atoms with Crippen LogP contribution in [0, 0.1) is 0 Å². The van der Waals surface area contributed by atoms with Gasteiger partial charge < -0.3 is 21.1 Å². The molecule has 1 aromatic carbocycles. The number of benzene rings is 1. The molecule has 7 heteroatoms. The lowest BCUT2D eigenvalue weighted by Crippen LogP contribution is -2.46. The van der Waals surface area contributed by atoms with Crippen molar-refractivity contribution in [3.05, 3.63) is 29.8 Å². The first-order chi connectivity index (χ1) is 9.65. The lowest BCUT2D eigenvalue weighted by molar-refractivity contribution is -0.123. The fourth-order valence-electron chi connectivity index (χ4n) is 2.11. The van der Waals surface area contributed by atoms with Crippen LogP contribution in [0.5, 0.6) is 5.75 Å². The third kappa shape index (κ3) is 5.61. The highest BCUT2D eigenvalue weighted by atomic mass is 35.5. The van der Waals surface area contributed by atoms with E-state index < -0.39 is 5.91 Å². The number of piperidine rings is 1. The molecule has 2 amide bonds. The van der Waals surface area contributed by atoms with Crippen LogP contribution in [0.25, 0.3) is 0 Å². The molecule has 2 rings (SSSR count). The zero-order valence-electron chi connectivity index (χ0n) is 11.6. The molecule has 116 valence electrons. The average molecular weight is 314 g/mol. The highest BCUT2D eigenvalue weighted by Gasteiger charge is 2.15. The van der Waals surface area contributed by atoms with Gasteiger partial charge in [-0.25, -0.2) is 0 Å². The van der Waals surface area contributed by atoms with E-state index in [1.165, 1.54) is 0 Å². The standard InChI is InChI=1S/C14H19N3O3.ClH/c15-14(19)10-3-5-12(6-4-10)20-9-13(18)17-11-2-1-7-16-8-11;/h3-6,11,16H,1-2,7-9H2,(H2,15,19)(H,17,18);1H. The van der Waals surface area contributed by atoms with Gasteiger partial charge in [-0.3, -0.25) is 9.59 Å². The van der Waals surface area contributed by atoms with Gasteiger partial charge in [-0.2, -0.15) is 0 Å². The molecule has 4 N–H and O–H groups in total. The van der Waals surface area contributed by atoms with Crippen LogP contribution in [0.15, 0.2) is 24.3 Å². The Bertz CT molecular complexity index is 473. The van der Waals surface area contributed by atoms with E-state index in [9.17, 15) is 9.59 Å². The first-order valence-corrected chi connectivity index (χ1v) is 6.68. The van der Waals surface area contributed by atoms with Crippen molar-refractivity contribution in [2.75, 3.05) is 19.7 Å². The number of hydrogen-bond donors (Lipinski definition) is 3. The summed E-state index contributed by atoms with van der Waals surface area (Å²) in [5.41, 5.74) is 5.55. The predicted octanol–water partition coefficient (Wildman–Crippen LogP) is 0.454. The highest BCUT2D eigenvalue weighted by Crippen LogP contribution is 2.11. The molecule has 1 aromatic rings. The maximum absolute atomic E-state index is 11.7. The molecule has 0 aromatic heterocycles. The van der Waals surface area contributed by atoms with E-state index >= 15 is 0 Å². The monoisotopic (exact) mass is 313 g/mol. The Labute approximate surface area is 129 Å². The van der Waals surface area contributed by atoms with E-state index in [-0.39, 0.29) is 31.0 Å². The summed E-state index contributed by atoms with van der Waals surface area (Å²) in [5.74, 6) is -0.0938. The van der Waals surface area contributed by atoms with Gasteiger partial charge in [0.1, 0.15) is 5.75 Å². The van der Waals surface area contributed by atoms with Crippen molar-refractivity contribution < 1.29 is 14.3 Å². The second kappa shape index (κ2) is 8.49. The SMILES string of the molecule is Cl.NC(=O)c1ccc(OCC(=O)NC2CCCNC2)cc1. The fraction of sp³-hybridized carbons (Fsp3) is 0.429. The molecule has 0 spiro atoms. The van der Waals surface area contributed by atoms with Crippen molar-refractivity contribution in [2.45, 2.75) is 18.9 Å². The van der Waals surface area contributed by atoms with Crippen molar-refractivity contribution in [3.8, 4) is 5.75 Å². The molecule has 1 saturated heterocycles. The molecule has 0 aliphatic carbocycles. The number of carbonyl (C=O) groups excluding carboxylic acids is 2. The average Bonchev–Trinajstić information content (AvgIpc) is 2.46. The molecular weight excluding hydrogens is 294 g/mol. The molecule has 1 unspecified atom stereocenters.